The van der Waals surface area contributed by atoms with Crippen LogP contribution in [0.25, 0.3) is 0 Å². The van der Waals surface area contributed by atoms with Crippen molar-refractivity contribution < 1.29 is 0 Å². The van der Waals surface area contributed by atoms with E-state index in [1.807, 2.05) is 21.1 Å². The Balaban J connectivity index is 1.62. The Morgan fingerprint density at radius 3 is 2.61 bits per heavy atom. The van der Waals surface area contributed by atoms with Crippen molar-refractivity contribution in [1.82, 2.24) is 30.3 Å². The number of nitrogens with zero attached hydrogens (tertiary/aromatic N) is 5. The number of benzene rings is 1. The largest absolute Gasteiger partial charge is 0.354 e. The van der Waals surface area contributed by atoms with Crippen LogP contribution in [0.3, 0.4) is 0 Å². The molecule has 7 heteroatoms. The topological polar surface area (TPSA) is 70.4 Å². The molecule has 0 amide bonds. The second kappa shape index (κ2) is 9.19. The predicted octanol–water partition coefficient (Wildman–Crippen LogP) is 2.49. The Morgan fingerprint density at radius 1 is 1.29 bits per heavy atom. The average molecular weight is 384 g/mol. The summed E-state index contributed by atoms with van der Waals surface area (Å²) in [5.74, 6) is 1.79. The molecule has 2 aromatic rings. The molecule has 28 heavy (non-hydrogen) atoms. The summed E-state index contributed by atoms with van der Waals surface area (Å²) in [6.07, 6.45) is 6.48. The number of aryl methyl sites for hydroxylation is 1. The lowest BCUT2D eigenvalue weighted by Gasteiger charge is -2.35. The molecule has 2 N–H and O–H groups in total. The van der Waals surface area contributed by atoms with Gasteiger partial charge < -0.3 is 15.5 Å². The SMILES string of the molecule is CN=C(NCC1(NC(C)c2ccccc2)CCCC1)N(C)Cc1ncnn1C. The van der Waals surface area contributed by atoms with Crippen LogP contribution in [-0.4, -0.2) is 51.8 Å². The molecule has 1 aromatic heterocycles. The first-order valence-corrected chi connectivity index (χ1v) is 10.1. The van der Waals surface area contributed by atoms with Crippen molar-refractivity contribution in [3.05, 3.63) is 48.0 Å². The normalized spacial score (nSPS) is 17.5. The van der Waals surface area contributed by atoms with Gasteiger partial charge in [0.2, 0.25) is 0 Å². The van der Waals surface area contributed by atoms with Crippen LogP contribution < -0.4 is 10.6 Å². The van der Waals surface area contributed by atoms with Crippen LogP contribution in [0, 0.1) is 0 Å². The highest BCUT2D eigenvalue weighted by atomic mass is 15.4. The molecule has 1 atom stereocenters. The fourth-order valence-corrected chi connectivity index (χ4v) is 4.09. The van der Waals surface area contributed by atoms with Gasteiger partial charge in [-0.1, -0.05) is 43.2 Å². The van der Waals surface area contributed by atoms with E-state index in [4.69, 9.17) is 0 Å². The first-order valence-electron chi connectivity index (χ1n) is 10.1. The lowest BCUT2D eigenvalue weighted by atomic mass is 9.94. The molecule has 1 aromatic carbocycles. The zero-order chi connectivity index (χ0) is 20.0. The van der Waals surface area contributed by atoms with Crippen molar-refractivity contribution in [2.24, 2.45) is 12.0 Å². The van der Waals surface area contributed by atoms with Crippen LogP contribution >= 0.6 is 0 Å². The summed E-state index contributed by atoms with van der Waals surface area (Å²) in [5, 5.41) is 11.7. The van der Waals surface area contributed by atoms with Gasteiger partial charge in [-0.05, 0) is 25.3 Å². The van der Waals surface area contributed by atoms with Crippen molar-refractivity contribution in [3.63, 3.8) is 0 Å². The van der Waals surface area contributed by atoms with E-state index in [0.29, 0.717) is 12.6 Å². The molecule has 7 nitrogen and oxygen atoms in total. The minimum atomic E-state index is 0.0941. The Kier molecular flexibility index (Phi) is 6.67. The van der Waals surface area contributed by atoms with E-state index in [1.165, 1.54) is 31.2 Å². The molecule has 0 saturated heterocycles. The van der Waals surface area contributed by atoms with Crippen molar-refractivity contribution in [2.75, 3.05) is 20.6 Å². The molecule has 1 aliphatic carbocycles. The molecule has 1 saturated carbocycles. The standard InChI is InChI=1S/C21H33N7/c1-17(18-10-6-5-7-11-18)26-21(12-8-9-13-21)15-23-20(22-2)27(3)14-19-24-16-25-28(19)4/h5-7,10-11,16-17,26H,8-9,12-15H2,1-4H3,(H,22,23). The molecular weight excluding hydrogens is 350 g/mol. The Labute approximate surface area is 168 Å². The number of hydrogen-bond acceptors (Lipinski definition) is 4. The second-order valence-electron chi connectivity index (χ2n) is 7.82. The van der Waals surface area contributed by atoms with E-state index in [2.05, 4.69) is 67.9 Å². The summed E-state index contributed by atoms with van der Waals surface area (Å²) in [6.45, 7) is 3.78. The summed E-state index contributed by atoms with van der Waals surface area (Å²) in [4.78, 5) is 10.9. The highest BCUT2D eigenvalue weighted by molar-refractivity contribution is 5.79. The number of rotatable bonds is 7. The number of hydrogen-bond donors (Lipinski definition) is 2. The molecule has 1 unspecified atom stereocenters. The van der Waals surface area contributed by atoms with Crippen LogP contribution in [0.5, 0.6) is 0 Å². The van der Waals surface area contributed by atoms with Gasteiger partial charge in [0, 0.05) is 39.3 Å². The number of guanidine groups is 1. The second-order valence-corrected chi connectivity index (χ2v) is 7.82. The Morgan fingerprint density at radius 2 is 2.00 bits per heavy atom. The highest BCUT2D eigenvalue weighted by Gasteiger charge is 2.35. The fourth-order valence-electron chi connectivity index (χ4n) is 4.09. The smallest absolute Gasteiger partial charge is 0.193 e. The van der Waals surface area contributed by atoms with E-state index < -0.39 is 0 Å². The van der Waals surface area contributed by atoms with Crippen LogP contribution in [0.2, 0.25) is 0 Å². The molecule has 1 heterocycles. The summed E-state index contributed by atoms with van der Waals surface area (Å²) < 4.78 is 1.80. The number of aliphatic imine (C=N–C) groups is 1. The highest BCUT2D eigenvalue weighted by Crippen LogP contribution is 2.31. The monoisotopic (exact) mass is 383 g/mol. The Bertz CT molecular complexity index is 762. The zero-order valence-corrected chi connectivity index (χ0v) is 17.5. The number of nitrogens with one attached hydrogen (secondary N) is 2. The van der Waals surface area contributed by atoms with Gasteiger partial charge in [-0.15, -0.1) is 0 Å². The van der Waals surface area contributed by atoms with Gasteiger partial charge in [0.05, 0.1) is 6.54 Å². The van der Waals surface area contributed by atoms with Gasteiger partial charge in [0.1, 0.15) is 12.2 Å². The van der Waals surface area contributed by atoms with Gasteiger partial charge in [-0.3, -0.25) is 9.67 Å². The fraction of sp³-hybridized carbons (Fsp3) is 0.571. The summed E-state index contributed by atoms with van der Waals surface area (Å²) >= 11 is 0. The average Bonchev–Trinajstić information content (AvgIpc) is 3.32. The Hall–Kier alpha value is -2.41. The lowest BCUT2D eigenvalue weighted by Crippen LogP contribution is -2.54. The van der Waals surface area contributed by atoms with E-state index in [0.717, 1.165) is 18.3 Å². The maximum atomic E-state index is 4.47. The maximum Gasteiger partial charge on any atom is 0.193 e. The van der Waals surface area contributed by atoms with Gasteiger partial charge >= 0.3 is 0 Å². The third-order valence-electron chi connectivity index (χ3n) is 5.72. The first-order chi connectivity index (χ1) is 13.5. The molecule has 0 radical (unpaired) electrons. The zero-order valence-electron chi connectivity index (χ0n) is 17.5. The lowest BCUT2D eigenvalue weighted by molar-refractivity contribution is 0.293. The molecule has 0 spiro atoms. The van der Waals surface area contributed by atoms with Crippen LogP contribution in [0.15, 0.2) is 41.7 Å². The number of aromatic nitrogens is 3. The van der Waals surface area contributed by atoms with E-state index >= 15 is 0 Å². The molecule has 1 fully saturated rings. The first kappa shape index (κ1) is 20.3. The van der Waals surface area contributed by atoms with Crippen molar-refractivity contribution in [1.29, 1.82) is 0 Å². The summed E-state index contributed by atoms with van der Waals surface area (Å²) in [5.41, 5.74) is 1.43. The van der Waals surface area contributed by atoms with Crippen LogP contribution in [0.1, 0.15) is 50.0 Å². The molecule has 0 bridgehead atoms. The van der Waals surface area contributed by atoms with Crippen LogP contribution in [0.4, 0.5) is 0 Å². The minimum Gasteiger partial charge on any atom is -0.354 e. The third-order valence-corrected chi connectivity index (χ3v) is 5.72. The quantitative estimate of drug-likeness (QED) is 0.568. The summed E-state index contributed by atoms with van der Waals surface area (Å²) in [7, 11) is 5.77. The van der Waals surface area contributed by atoms with E-state index in [1.54, 1.807) is 11.0 Å². The van der Waals surface area contributed by atoms with Gasteiger partial charge in [-0.2, -0.15) is 5.10 Å². The summed E-state index contributed by atoms with van der Waals surface area (Å²) in [6, 6.07) is 11.0. The molecule has 152 valence electrons. The molecule has 1 aliphatic rings. The molecule has 3 rings (SSSR count). The molecular formula is C21H33N7. The minimum absolute atomic E-state index is 0.0941. The maximum absolute atomic E-state index is 4.47. The van der Waals surface area contributed by atoms with Gasteiger partial charge in [-0.25, -0.2) is 4.98 Å². The van der Waals surface area contributed by atoms with Crippen molar-refractivity contribution >= 4 is 5.96 Å². The predicted molar refractivity (Wildman–Crippen MR) is 113 cm³/mol. The van der Waals surface area contributed by atoms with E-state index in [9.17, 15) is 0 Å². The third kappa shape index (κ3) is 4.90. The van der Waals surface area contributed by atoms with Crippen molar-refractivity contribution in [2.45, 2.75) is 50.7 Å². The van der Waals surface area contributed by atoms with Gasteiger partial charge in [0.15, 0.2) is 5.96 Å². The molecule has 0 aliphatic heterocycles. The van der Waals surface area contributed by atoms with E-state index in [-0.39, 0.29) is 5.54 Å². The van der Waals surface area contributed by atoms with Crippen LogP contribution in [-0.2, 0) is 13.6 Å². The van der Waals surface area contributed by atoms with Gasteiger partial charge in [0.25, 0.3) is 0 Å². The van der Waals surface area contributed by atoms with Crippen molar-refractivity contribution in [3.8, 4) is 0 Å².